The van der Waals surface area contributed by atoms with E-state index in [1.165, 1.54) is 11.1 Å². The van der Waals surface area contributed by atoms with Crippen molar-refractivity contribution in [2.75, 3.05) is 0 Å². The molecule has 0 aliphatic heterocycles. The smallest absolute Gasteiger partial charge is 0.0789 e. The molecular weight excluding hydrogens is 172 g/mol. The Morgan fingerprint density at radius 1 is 1.29 bits per heavy atom. The van der Waals surface area contributed by atoms with E-state index in [4.69, 9.17) is 0 Å². The second-order valence-corrected chi connectivity index (χ2v) is 3.96. The van der Waals surface area contributed by atoms with Crippen LogP contribution in [0, 0.1) is 6.92 Å². The summed E-state index contributed by atoms with van der Waals surface area (Å²) in [5, 5.41) is 9.86. The first kappa shape index (κ1) is 9.47. The molecule has 1 N–H and O–H groups in total. The Labute approximate surface area is 85.1 Å². The Hall–Kier alpha value is -1.08. The van der Waals surface area contributed by atoms with Crippen LogP contribution >= 0.6 is 0 Å². The molecule has 0 bridgehead atoms. The zero-order chi connectivity index (χ0) is 9.97. The molecule has 0 saturated heterocycles. The maximum Gasteiger partial charge on any atom is 0.0789 e. The first-order valence-electron chi connectivity index (χ1n) is 5.19. The highest BCUT2D eigenvalue weighted by atomic mass is 16.3. The average Bonchev–Trinajstić information content (AvgIpc) is 2.20. The molecule has 2 rings (SSSR count). The highest BCUT2D eigenvalue weighted by Gasteiger charge is 2.21. The summed E-state index contributed by atoms with van der Waals surface area (Å²) in [6.45, 7) is 2.11. The summed E-state index contributed by atoms with van der Waals surface area (Å²) in [5.74, 6) is 0.293. The lowest BCUT2D eigenvalue weighted by Crippen LogP contribution is -2.19. The summed E-state index contributed by atoms with van der Waals surface area (Å²) in [6, 6.07) is 8.33. The van der Waals surface area contributed by atoms with E-state index in [0.29, 0.717) is 5.92 Å². The van der Waals surface area contributed by atoms with E-state index in [-0.39, 0.29) is 6.10 Å². The highest BCUT2D eigenvalue weighted by molar-refractivity contribution is 5.31. The van der Waals surface area contributed by atoms with E-state index in [1.54, 1.807) is 0 Å². The van der Waals surface area contributed by atoms with E-state index < -0.39 is 0 Å². The molecule has 0 heterocycles. The molecule has 0 aromatic heterocycles. The molecule has 0 amide bonds. The Bertz CT molecular complexity index is 341. The molecule has 2 unspecified atom stereocenters. The van der Waals surface area contributed by atoms with Gasteiger partial charge in [0.05, 0.1) is 6.10 Å². The van der Waals surface area contributed by atoms with E-state index >= 15 is 0 Å². The van der Waals surface area contributed by atoms with Crippen LogP contribution in [0.5, 0.6) is 0 Å². The van der Waals surface area contributed by atoms with E-state index in [9.17, 15) is 5.11 Å². The number of hydrogen-bond acceptors (Lipinski definition) is 1. The van der Waals surface area contributed by atoms with Crippen molar-refractivity contribution in [3.8, 4) is 0 Å². The second-order valence-electron chi connectivity index (χ2n) is 3.96. The fourth-order valence-electron chi connectivity index (χ4n) is 2.16. The Morgan fingerprint density at radius 3 is 2.79 bits per heavy atom. The Kier molecular flexibility index (Phi) is 2.69. The van der Waals surface area contributed by atoms with E-state index in [1.807, 2.05) is 18.2 Å². The van der Waals surface area contributed by atoms with Gasteiger partial charge in [-0.2, -0.15) is 0 Å². The number of aryl methyl sites for hydroxylation is 1. The van der Waals surface area contributed by atoms with Crippen molar-refractivity contribution in [1.29, 1.82) is 0 Å². The molecule has 0 saturated carbocycles. The van der Waals surface area contributed by atoms with Gasteiger partial charge < -0.3 is 5.11 Å². The molecule has 1 aliphatic carbocycles. The maximum atomic E-state index is 9.86. The van der Waals surface area contributed by atoms with E-state index in [2.05, 4.69) is 25.1 Å². The van der Waals surface area contributed by atoms with Gasteiger partial charge in [-0.05, 0) is 30.9 Å². The first-order chi connectivity index (χ1) is 6.79. The average molecular weight is 188 g/mol. The van der Waals surface area contributed by atoms with Crippen LogP contribution in [0.3, 0.4) is 0 Å². The lowest BCUT2D eigenvalue weighted by molar-refractivity contribution is 0.179. The minimum Gasteiger partial charge on any atom is -0.388 e. The van der Waals surface area contributed by atoms with Crippen molar-refractivity contribution in [2.45, 2.75) is 31.8 Å². The van der Waals surface area contributed by atoms with Crippen LogP contribution in [0.15, 0.2) is 36.4 Å². The molecule has 0 radical (unpaired) electrons. The number of aliphatic hydroxyl groups excluding tert-OH is 1. The Morgan fingerprint density at radius 2 is 2.07 bits per heavy atom. The third kappa shape index (κ3) is 1.73. The van der Waals surface area contributed by atoms with Crippen LogP contribution in [0.25, 0.3) is 0 Å². The predicted octanol–water partition coefficient (Wildman–Crippen LogP) is 2.79. The van der Waals surface area contributed by atoms with Crippen LogP contribution in [0.4, 0.5) is 0 Å². The quantitative estimate of drug-likeness (QED) is 0.672. The van der Waals surface area contributed by atoms with Gasteiger partial charge in [0.1, 0.15) is 0 Å². The number of rotatable bonds is 1. The second kappa shape index (κ2) is 3.97. The van der Waals surface area contributed by atoms with Crippen molar-refractivity contribution < 1.29 is 5.11 Å². The van der Waals surface area contributed by atoms with Crippen molar-refractivity contribution in [3.63, 3.8) is 0 Å². The zero-order valence-corrected chi connectivity index (χ0v) is 8.48. The molecule has 1 aromatic carbocycles. The van der Waals surface area contributed by atoms with Gasteiger partial charge in [0.15, 0.2) is 0 Å². The molecule has 74 valence electrons. The normalized spacial score (nSPS) is 26.4. The van der Waals surface area contributed by atoms with Crippen LogP contribution in [0.1, 0.15) is 29.9 Å². The van der Waals surface area contributed by atoms with Crippen molar-refractivity contribution >= 4 is 0 Å². The van der Waals surface area contributed by atoms with Gasteiger partial charge in [-0.1, -0.05) is 36.4 Å². The SMILES string of the molecule is Cc1ccccc1C1CCC=CC1O. The van der Waals surface area contributed by atoms with Gasteiger partial charge in [0.25, 0.3) is 0 Å². The number of allylic oxidation sites excluding steroid dienone is 1. The van der Waals surface area contributed by atoms with Crippen LogP contribution in [-0.4, -0.2) is 11.2 Å². The van der Waals surface area contributed by atoms with Crippen molar-refractivity contribution in [3.05, 3.63) is 47.5 Å². The third-order valence-electron chi connectivity index (χ3n) is 2.98. The minimum atomic E-state index is -0.301. The molecular formula is C13H16O. The lowest BCUT2D eigenvalue weighted by atomic mass is 9.83. The molecule has 0 spiro atoms. The monoisotopic (exact) mass is 188 g/mol. The number of benzene rings is 1. The number of hydrogen-bond donors (Lipinski definition) is 1. The fraction of sp³-hybridized carbons (Fsp3) is 0.385. The maximum absolute atomic E-state index is 9.86. The van der Waals surface area contributed by atoms with Crippen LogP contribution < -0.4 is 0 Å². The number of aliphatic hydroxyl groups is 1. The van der Waals surface area contributed by atoms with Crippen molar-refractivity contribution in [1.82, 2.24) is 0 Å². The van der Waals surface area contributed by atoms with Crippen LogP contribution in [0.2, 0.25) is 0 Å². The summed E-state index contributed by atoms with van der Waals surface area (Å²) in [7, 11) is 0. The zero-order valence-electron chi connectivity index (χ0n) is 8.48. The topological polar surface area (TPSA) is 20.2 Å². The van der Waals surface area contributed by atoms with Crippen LogP contribution in [-0.2, 0) is 0 Å². The molecule has 1 heteroatoms. The van der Waals surface area contributed by atoms with Gasteiger partial charge in [-0.15, -0.1) is 0 Å². The summed E-state index contributed by atoms with van der Waals surface area (Å²) in [6.07, 6.45) is 5.82. The van der Waals surface area contributed by atoms with Gasteiger partial charge in [-0.25, -0.2) is 0 Å². The summed E-state index contributed by atoms with van der Waals surface area (Å²) >= 11 is 0. The molecule has 1 aromatic rings. The van der Waals surface area contributed by atoms with Crippen molar-refractivity contribution in [2.24, 2.45) is 0 Å². The molecule has 14 heavy (non-hydrogen) atoms. The minimum absolute atomic E-state index is 0.293. The Balaban J connectivity index is 2.30. The highest BCUT2D eigenvalue weighted by Crippen LogP contribution is 2.31. The van der Waals surface area contributed by atoms with Gasteiger partial charge in [-0.3, -0.25) is 0 Å². The van der Waals surface area contributed by atoms with Gasteiger partial charge >= 0.3 is 0 Å². The molecule has 0 fully saturated rings. The predicted molar refractivity (Wildman–Crippen MR) is 58.3 cm³/mol. The molecule has 1 nitrogen and oxygen atoms in total. The molecule has 1 aliphatic rings. The standard InChI is InChI=1S/C13H16O/c1-10-6-2-3-7-11(10)12-8-4-5-9-13(12)14/h2-3,5-7,9,12-14H,4,8H2,1H3. The fourth-order valence-corrected chi connectivity index (χ4v) is 2.16. The lowest BCUT2D eigenvalue weighted by Gasteiger charge is -2.25. The molecule has 2 atom stereocenters. The largest absolute Gasteiger partial charge is 0.388 e. The van der Waals surface area contributed by atoms with Gasteiger partial charge in [0.2, 0.25) is 0 Å². The summed E-state index contributed by atoms with van der Waals surface area (Å²) < 4.78 is 0. The van der Waals surface area contributed by atoms with E-state index in [0.717, 1.165) is 12.8 Å². The van der Waals surface area contributed by atoms with Gasteiger partial charge in [0, 0.05) is 5.92 Å². The third-order valence-corrected chi connectivity index (χ3v) is 2.98. The summed E-state index contributed by atoms with van der Waals surface area (Å²) in [4.78, 5) is 0. The summed E-state index contributed by atoms with van der Waals surface area (Å²) in [5.41, 5.74) is 2.58. The first-order valence-corrected chi connectivity index (χ1v) is 5.19.